The van der Waals surface area contributed by atoms with Crippen molar-refractivity contribution in [3.63, 3.8) is 0 Å². The van der Waals surface area contributed by atoms with Gasteiger partial charge in [-0.15, -0.1) is 11.8 Å². The van der Waals surface area contributed by atoms with E-state index in [0.717, 1.165) is 38.9 Å². The van der Waals surface area contributed by atoms with Crippen LogP contribution in [0, 0.1) is 0 Å². The van der Waals surface area contributed by atoms with Crippen LogP contribution in [-0.2, 0) is 0 Å². The number of ether oxygens (including phenoxy) is 1. The summed E-state index contributed by atoms with van der Waals surface area (Å²) in [5.74, 6) is 0.621. The summed E-state index contributed by atoms with van der Waals surface area (Å²) in [5, 5.41) is 0.885. The Balaban J connectivity index is 1.67. The van der Waals surface area contributed by atoms with Crippen molar-refractivity contribution in [1.82, 2.24) is 9.97 Å². The van der Waals surface area contributed by atoms with Crippen LogP contribution < -0.4 is 15.2 Å². The first-order valence-corrected chi connectivity index (χ1v) is 12.7. The van der Waals surface area contributed by atoms with E-state index in [1.54, 1.807) is 24.0 Å². The zero-order valence-corrected chi connectivity index (χ0v) is 20.7. The van der Waals surface area contributed by atoms with E-state index in [1.165, 1.54) is 12.0 Å². The Morgan fingerprint density at radius 1 is 1.00 bits per heavy atom. The molecule has 10 heteroatoms. The van der Waals surface area contributed by atoms with Crippen LogP contribution in [0.3, 0.4) is 0 Å². The first kappa shape index (κ1) is 25.0. The molecule has 0 saturated heterocycles. The molecule has 0 aliphatic carbocycles. The minimum Gasteiger partial charge on any atom is -0.480 e. The molecule has 0 aliphatic heterocycles. The maximum absolute atomic E-state index is 12.5. The van der Waals surface area contributed by atoms with Crippen LogP contribution in [0.4, 0.5) is 24.7 Å². The molecular weight excluding hydrogens is 493 g/mol. The summed E-state index contributed by atoms with van der Waals surface area (Å²) in [6, 6.07) is 17.6. The van der Waals surface area contributed by atoms with Crippen LogP contribution in [0.5, 0.6) is 5.88 Å². The van der Waals surface area contributed by atoms with Gasteiger partial charge >= 0.3 is 6.18 Å². The lowest BCUT2D eigenvalue weighted by Gasteiger charge is -2.13. The molecule has 0 radical (unpaired) electrons. The number of rotatable bonds is 8. The molecule has 0 unspecified atom stereocenters. The number of anilines is 2. The summed E-state index contributed by atoms with van der Waals surface area (Å²) >= 11 is 2.31. The van der Waals surface area contributed by atoms with Crippen LogP contribution in [0.1, 0.15) is 6.92 Å². The maximum Gasteiger partial charge on any atom is 0.399 e. The van der Waals surface area contributed by atoms with Gasteiger partial charge in [0.25, 0.3) is 0 Å². The van der Waals surface area contributed by atoms with Crippen molar-refractivity contribution in [2.24, 2.45) is 0 Å². The van der Waals surface area contributed by atoms with E-state index >= 15 is 0 Å². The van der Waals surface area contributed by atoms with Gasteiger partial charge in [0.05, 0.1) is 12.6 Å². The Morgan fingerprint density at radius 2 is 1.74 bits per heavy atom. The number of benzene rings is 2. The SMILES string of the molecule is CCSc1ccc(-c2cc3cc(-c4cnc(OC)c(NSCC(F)(F)F)c4)ccc3nc2N)cc1. The lowest BCUT2D eigenvalue weighted by Crippen LogP contribution is -2.12. The second kappa shape index (κ2) is 10.7. The quantitative estimate of drug-likeness (QED) is 0.188. The minimum absolute atomic E-state index is 0.214. The molecule has 0 atom stereocenters. The predicted octanol–water partition coefficient (Wildman–Crippen LogP) is 7.29. The van der Waals surface area contributed by atoms with Crippen molar-refractivity contribution in [3.8, 4) is 28.1 Å². The molecule has 4 rings (SSSR count). The van der Waals surface area contributed by atoms with E-state index in [9.17, 15) is 13.2 Å². The average Bonchev–Trinajstić information content (AvgIpc) is 2.83. The monoisotopic (exact) mass is 516 g/mol. The lowest BCUT2D eigenvalue weighted by atomic mass is 10.0. The molecule has 0 aliphatic rings. The summed E-state index contributed by atoms with van der Waals surface area (Å²) in [6.07, 6.45) is -2.66. The summed E-state index contributed by atoms with van der Waals surface area (Å²) in [4.78, 5) is 10.0. The number of nitrogen functional groups attached to an aromatic ring is 1. The molecule has 2 aromatic heterocycles. The Labute approximate surface area is 209 Å². The normalized spacial score (nSPS) is 11.6. The smallest absolute Gasteiger partial charge is 0.399 e. The molecule has 0 bridgehead atoms. The van der Waals surface area contributed by atoms with E-state index in [1.807, 2.05) is 36.4 Å². The van der Waals surface area contributed by atoms with Crippen molar-refractivity contribution >= 4 is 46.1 Å². The Bertz CT molecular complexity index is 1330. The van der Waals surface area contributed by atoms with Crippen LogP contribution >= 0.6 is 23.7 Å². The number of aromatic nitrogens is 2. The maximum atomic E-state index is 12.5. The van der Waals surface area contributed by atoms with E-state index in [-0.39, 0.29) is 5.88 Å². The molecule has 2 heterocycles. The van der Waals surface area contributed by atoms with Crippen LogP contribution in [-0.4, -0.2) is 34.8 Å². The Morgan fingerprint density at radius 3 is 2.43 bits per heavy atom. The average molecular weight is 517 g/mol. The zero-order valence-electron chi connectivity index (χ0n) is 19.0. The fourth-order valence-electron chi connectivity index (χ4n) is 3.54. The van der Waals surface area contributed by atoms with Gasteiger partial charge in [-0.05, 0) is 65.2 Å². The molecule has 0 saturated carbocycles. The van der Waals surface area contributed by atoms with Gasteiger partial charge in [-0.3, -0.25) is 0 Å². The van der Waals surface area contributed by atoms with Gasteiger partial charge in [0, 0.05) is 27.6 Å². The number of pyridine rings is 2. The standard InChI is InChI=1S/C25H23F3N4OS2/c1-3-34-19-7-4-15(5-8-19)20-11-17-10-16(6-9-21(17)31-23(20)29)18-12-22(24(33-2)30-13-18)32-35-14-25(26,27)28/h4-13,32H,3,14H2,1-2H3,(H2,29,31). The molecular formula is C25H23F3N4OS2. The fraction of sp³-hybridized carbons (Fsp3) is 0.200. The molecule has 4 aromatic rings. The van der Waals surface area contributed by atoms with Crippen molar-refractivity contribution < 1.29 is 17.9 Å². The number of nitrogens with one attached hydrogen (secondary N) is 1. The highest BCUT2D eigenvalue weighted by Gasteiger charge is 2.27. The van der Waals surface area contributed by atoms with Gasteiger partial charge in [-0.25, -0.2) is 9.97 Å². The largest absolute Gasteiger partial charge is 0.480 e. The predicted molar refractivity (Wildman–Crippen MR) is 140 cm³/mol. The van der Waals surface area contributed by atoms with Crippen LogP contribution in [0.15, 0.2) is 65.7 Å². The molecule has 2 aromatic carbocycles. The molecule has 0 amide bonds. The first-order chi connectivity index (χ1) is 16.8. The Hall–Kier alpha value is -3.11. The summed E-state index contributed by atoms with van der Waals surface area (Å²) in [7, 11) is 1.42. The number of nitrogens with two attached hydrogens (primary N) is 1. The third-order valence-electron chi connectivity index (χ3n) is 5.12. The van der Waals surface area contributed by atoms with Crippen molar-refractivity contribution in [2.45, 2.75) is 18.0 Å². The van der Waals surface area contributed by atoms with Gasteiger partial charge in [-0.2, -0.15) is 13.2 Å². The van der Waals surface area contributed by atoms with Gasteiger partial charge < -0.3 is 15.2 Å². The number of hydrogen-bond donors (Lipinski definition) is 2. The number of hydrogen-bond acceptors (Lipinski definition) is 7. The van der Waals surface area contributed by atoms with E-state index < -0.39 is 11.9 Å². The second-order valence-electron chi connectivity index (χ2n) is 7.57. The van der Waals surface area contributed by atoms with E-state index in [4.69, 9.17) is 10.5 Å². The van der Waals surface area contributed by atoms with Gasteiger partial charge in [-0.1, -0.05) is 25.1 Å². The number of alkyl halides is 3. The number of thioether (sulfide) groups is 1. The highest BCUT2D eigenvalue weighted by molar-refractivity contribution is 8.00. The first-order valence-electron chi connectivity index (χ1n) is 10.7. The van der Waals surface area contributed by atoms with Crippen LogP contribution in [0.2, 0.25) is 0 Å². The van der Waals surface area contributed by atoms with Crippen LogP contribution in [0.25, 0.3) is 33.2 Å². The van der Waals surface area contributed by atoms with E-state index in [0.29, 0.717) is 23.5 Å². The number of halogens is 3. The minimum atomic E-state index is -4.28. The summed E-state index contributed by atoms with van der Waals surface area (Å²) in [5.41, 5.74) is 10.7. The highest BCUT2D eigenvalue weighted by atomic mass is 32.2. The molecule has 0 spiro atoms. The van der Waals surface area contributed by atoms with Gasteiger partial charge in [0.1, 0.15) is 17.3 Å². The molecule has 182 valence electrons. The topological polar surface area (TPSA) is 73.1 Å². The number of fused-ring (bicyclic) bond motifs is 1. The number of methoxy groups -OCH3 is 1. The summed E-state index contributed by atoms with van der Waals surface area (Å²) in [6.45, 7) is 2.11. The summed E-state index contributed by atoms with van der Waals surface area (Å²) < 4.78 is 45.5. The molecule has 0 fully saturated rings. The van der Waals surface area contributed by atoms with E-state index in [2.05, 4.69) is 33.7 Å². The van der Waals surface area contributed by atoms with Crippen molar-refractivity contribution in [2.75, 3.05) is 29.1 Å². The molecule has 3 N–H and O–H groups in total. The van der Waals surface area contributed by atoms with Gasteiger partial charge in [0.15, 0.2) is 0 Å². The third-order valence-corrected chi connectivity index (χ3v) is 6.85. The third kappa shape index (κ3) is 6.12. The Kier molecular flexibility index (Phi) is 7.61. The molecule has 5 nitrogen and oxygen atoms in total. The molecule has 35 heavy (non-hydrogen) atoms. The van der Waals surface area contributed by atoms with Gasteiger partial charge in [0.2, 0.25) is 5.88 Å². The highest BCUT2D eigenvalue weighted by Crippen LogP contribution is 2.34. The fourth-order valence-corrected chi connectivity index (χ4v) is 4.74. The zero-order chi connectivity index (χ0) is 25.0. The number of nitrogens with zero attached hydrogens (tertiary/aromatic N) is 2. The van der Waals surface area contributed by atoms with Crippen molar-refractivity contribution in [1.29, 1.82) is 0 Å². The second-order valence-corrected chi connectivity index (χ2v) is 9.69. The van der Waals surface area contributed by atoms with Crippen molar-refractivity contribution in [3.05, 3.63) is 60.8 Å². The lowest BCUT2D eigenvalue weighted by molar-refractivity contribution is -0.105.